The molecule has 0 unspecified atom stereocenters. The van der Waals surface area contributed by atoms with Crippen LogP contribution in [0.2, 0.25) is 0 Å². The maximum absolute atomic E-state index is 12.5. The molecule has 0 radical (unpaired) electrons. The van der Waals surface area contributed by atoms with Crippen LogP contribution in [0.1, 0.15) is 16.7 Å². The van der Waals surface area contributed by atoms with Crippen molar-refractivity contribution < 1.29 is 8.42 Å². The van der Waals surface area contributed by atoms with E-state index in [1.54, 1.807) is 18.2 Å². The molecule has 0 spiro atoms. The van der Waals surface area contributed by atoms with Gasteiger partial charge in [0.2, 0.25) is 0 Å². The van der Waals surface area contributed by atoms with Gasteiger partial charge >= 0.3 is 0 Å². The Labute approximate surface area is 127 Å². The number of hydrogen-bond acceptors (Lipinski definition) is 3. The maximum atomic E-state index is 12.5. The van der Waals surface area contributed by atoms with E-state index in [1.165, 1.54) is 0 Å². The highest BCUT2D eigenvalue weighted by Gasteiger charge is 2.19. The number of nitrogens with two attached hydrogens (primary N) is 1. The number of nitrogen functional groups attached to an aromatic ring is 1. The summed E-state index contributed by atoms with van der Waals surface area (Å²) in [5, 5.41) is 0. The normalized spacial score (nSPS) is 11.6. The summed E-state index contributed by atoms with van der Waals surface area (Å²) in [7, 11) is -3.46. The van der Waals surface area contributed by atoms with Gasteiger partial charge in [-0.1, -0.05) is 39.7 Å². The fourth-order valence-corrected chi connectivity index (χ4v) is 4.14. The standard InChI is InChI=1S/C15H16BrNO2S/c1-10-3-4-11(2)12(7-10)9-20(18,19)15-8-13(16)5-6-14(15)17/h3-8H,9,17H2,1-2H3. The van der Waals surface area contributed by atoms with Gasteiger partial charge in [-0.05, 0) is 43.2 Å². The maximum Gasteiger partial charge on any atom is 0.184 e. The molecule has 2 aromatic carbocycles. The quantitative estimate of drug-likeness (QED) is 0.857. The average Bonchev–Trinajstić information content (AvgIpc) is 2.36. The predicted molar refractivity (Wildman–Crippen MR) is 85.4 cm³/mol. The van der Waals surface area contributed by atoms with E-state index in [9.17, 15) is 8.42 Å². The minimum atomic E-state index is -3.46. The minimum absolute atomic E-state index is 0.0405. The van der Waals surface area contributed by atoms with Gasteiger partial charge < -0.3 is 5.73 Å². The molecule has 0 aliphatic heterocycles. The lowest BCUT2D eigenvalue weighted by molar-refractivity contribution is 0.595. The molecule has 2 rings (SSSR count). The molecule has 0 atom stereocenters. The summed E-state index contributed by atoms with van der Waals surface area (Å²) >= 11 is 3.28. The Balaban J connectivity index is 2.46. The zero-order chi connectivity index (χ0) is 14.9. The Kier molecular flexibility index (Phi) is 4.20. The van der Waals surface area contributed by atoms with Crippen LogP contribution in [0.4, 0.5) is 5.69 Å². The van der Waals surface area contributed by atoms with E-state index in [2.05, 4.69) is 15.9 Å². The van der Waals surface area contributed by atoms with Gasteiger partial charge in [-0.15, -0.1) is 0 Å². The molecule has 0 aliphatic carbocycles. The predicted octanol–water partition coefficient (Wildman–Crippen LogP) is 3.62. The zero-order valence-corrected chi connectivity index (χ0v) is 13.8. The summed E-state index contributed by atoms with van der Waals surface area (Å²) in [6.07, 6.45) is 0. The van der Waals surface area contributed by atoms with Crippen LogP contribution >= 0.6 is 15.9 Å². The first kappa shape index (κ1) is 15.1. The van der Waals surface area contributed by atoms with Gasteiger partial charge in [0.25, 0.3) is 0 Å². The molecular weight excluding hydrogens is 338 g/mol. The number of halogens is 1. The highest BCUT2D eigenvalue weighted by Crippen LogP contribution is 2.27. The Hall–Kier alpha value is -1.33. The van der Waals surface area contributed by atoms with Crippen LogP contribution in [-0.4, -0.2) is 8.42 Å². The van der Waals surface area contributed by atoms with Gasteiger partial charge in [0.05, 0.1) is 16.3 Å². The number of hydrogen-bond donors (Lipinski definition) is 1. The van der Waals surface area contributed by atoms with Crippen LogP contribution in [0.25, 0.3) is 0 Å². The molecule has 20 heavy (non-hydrogen) atoms. The first-order valence-electron chi connectivity index (χ1n) is 6.13. The zero-order valence-electron chi connectivity index (χ0n) is 11.4. The molecule has 0 fully saturated rings. The van der Waals surface area contributed by atoms with Crippen LogP contribution in [0.3, 0.4) is 0 Å². The van der Waals surface area contributed by atoms with E-state index in [0.717, 1.165) is 16.7 Å². The molecule has 5 heteroatoms. The van der Waals surface area contributed by atoms with E-state index in [4.69, 9.17) is 5.73 Å². The molecule has 0 saturated heterocycles. The van der Waals surface area contributed by atoms with Crippen molar-refractivity contribution in [3.8, 4) is 0 Å². The topological polar surface area (TPSA) is 60.2 Å². The van der Waals surface area contributed by atoms with Gasteiger partial charge in [0, 0.05) is 4.47 Å². The van der Waals surface area contributed by atoms with Crippen molar-refractivity contribution in [3.05, 3.63) is 57.6 Å². The second-order valence-corrected chi connectivity index (χ2v) is 7.74. The number of rotatable bonds is 3. The molecule has 106 valence electrons. The first-order valence-corrected chi connectivity index (χ1v) is 8.58. The molecule has 0 heterocycles. The second kappa shape index (κ2) is 5.58. The van der Waals surface area contributed by atoms with Crippen molar-refractivity contribution in [3.63, 3.8) is 0 Å². The number of sulfone groups is 1. The molecular formula is C15H16BrNO2S. The summed E-state index contributed by atoms with van der Waals surface area (Å²) in [6.45, 7) is 3.86. The summed E-state index contributed by atoms with van der Waals surface area (Å²) in [6, 6.07) is 10.7. The van der Waals surface area contributed by atoms with Crippen LogP contribution in [0, 0.1) is 13.8 Å². The van der Waals surface area contributed by atoms with Gasteiger partial charge in [-0.25, -0.2) is 8.42 Å². The molecule has 3 nitrogen and oxygen atoms in total. The van der Waals surface area contributed by atoms with Crippen molar-refractivity contribution in [1.82, 2.24) is 0 Å². The van der Waals surface area contributed by atoms with E-state index in [0.29, 0.717) is 4.47 Å². The Morgan fingerprint density at radius 3 is 2.50 bits per heavy atom. The summed E-state index contributed by atoms with van der Waals surface area (Å²) < 4.78 is 25.8. The fourth-order valence-electron chi connectivity index (χ4n) is 2.02. The smallest absolute Gasteiger partial charge is 0.184 e. The van der Waals surface area contributed by atoms with Crippen LogP contribution in [0.15, 0.2) is 45.8 Å². The Bertz CT molecular complexity index is 754. The van der Waals surface area contributed by atoms with Gasteiger partial charge in [-0.2, -0.15) is 0 Å². The monoisotopic (exact) mass is 353 g/mol. The lowest BCUT2D eigenvalue weighted by Crippen LogP contribution is -2.09. The third kappa shape index (κ3) is 3.22. The molecule has 0 bridgehead atoms. The van der Waals surface area contributed by atoms with E-state index < -0.39 is 9.84 Å². The van der Waals surface area contributed by atoms with E-state index in [-0.39, 0.29) is 16.3 Å². The van der Waals surface area contributed by atoms with Gasteiger partial charge in [-0.3, -0.25) is 0 Å². The number of benzene rings is 2. The fraction of sp³-hybridized carbons (Fsp3) is 0.200. The molecule has 2 aromatic rings. The van der Waals surface area contributed by atoms with E-state index in [1.807, 2.05) is 32.0 Å². The highest BCUT2D eigenvalue weighted by molar-refractivity contribution is 9.10. The van der Waals surface area contributed by atoms with Crippen molar-refractivity contribution in [2.24, 2.45) is 0 Å². The molecule has 0 saturated carbocycles. The SMILES string of the molecule is Cc1ccc(C)c(CS(=O)(=O)c2cc(Br)ccc2N)c1. The van der Waals surface area contributed by atoms with Crippen molar-refractivity contribution in [1.29, 1.82) is 0 Å². The van der Waals surface area contributed by atoms with Gasteiger partial charge in [0.1, 0.15) is 0 Å². The number of aryl methyl sites for hydroxylation is 2. The van der Waals surface area contributed by atoms with Crippen molar-refractivity contribution >= 4 is 31.5 Å². The highest BCUT2D eigenvalue weighted by atomic mass is 79.9. The average molecular weight is 354 g/mol. The van der Waals surface area contributed by atoms with Crippen LogP contribution in [-0.2, 0) is 15.6 Å². The van der Waals surface area contributed by atoms with Crippen molar-refractivity contribution in [2.45, 2.75) is 24.5 Å². The summed E-state index contributed by atoms with van der Waals surface area (Å²) in [4.78, 5) is 0.174. The largest absolute Gasteiger partial charge is 0.398 e. The van der Waals surface area contributed by atoms with Gasteiger partial charge in [0.15, 0.2) is 9.84 Å². The van der Waals surface area contributed by atoms with Crippen molar-refractivity contribution in [2.75, 3.05) is 5.73 Å². The third-order valence-corrected chi connectivity index (χ3v) is 5.37. The number of anilines is 1. The summed E-state index contributed by atoms with van der Waals surface area (Å²) in [5.74, 6) is -0.0405. The summed E-state index contributed by atoms with van der Waals surface area (Å²) in [5.41, 5.74) is 8.89. The molecule has 0 aromatic heterocycles. The lowest BCUT2D eigenvalue weighted by Gasteiger charge is -2.10. The minimum Gasteiger partial charge on any atom is -0.398 e. The molecule has 0 aliphatic rings. The first-order chi connectivity index (χ1) is 9.29. The molecule has 0 amide bonds. The van der Waals surface area contributed by atoms with Crippen LogP contribution in [0.5, 0.6) is 0 Å². The third-order valence-electron chi connectivity index (χ3n) is 3.16. The Morgan fingerprint density at radius 1 is 1.10 bits per heavy atom. The Morgan fingerprint density at radius 2 is 1.80 bits per heavy atom. The molecule has 2 N–H and O–H groups in total. The second-order valence-electron chi connectivity index (χ2n) is 4.87. The lowest BCUT2D eigenvalue weighted by atomic mass is 10.1. The van der Waals surface area contributed by atoms with Crippen LogP contribution < -0.4 is 5.73 Å². The van der Waals surface area contributed by atoms with E-state index >= 15 is 0 Å².